The lowest BCUT2D eigenvalue weighted by atomic mass is 9.75. The van der Waals surface area contributed by atoms with Crippen molar-refractivity contribution >= 4 is 0 Å². The zero-order valence-electron chi connectivity index (χ0n) is 11.7. The summed E-state index contributed by atoms with van der Waals surface area (Å²) in [6, 6.07) is 8.55. The minimum Gasteiger partial charge on any atom is -0.385 e. The predicted octanol–water partition coefficient (Wildman–Crippen LogP) is 3.02. The van der Waals surface area contributed by atoms with Crippen molar-refractivity contribution in [2.45, 2.75) is 45.1 Å². The molecule has 1 aliphatic rings. The maximum atomic E-state index is 11.0. The summed E-state index contributed by atoms with van der Waals surface area (Å²) in [5.41, 5.74) is 1.78. The Morgan fingerprint density at radius 1 is 1.33 bits per heavy atom. The molecule has 0 spiro atoms. The van der Waals surface area contributed by atoms with Crippen molar-refractivity contribution in [3.05, 3.63) is 35.4 Å². The number of aliphatic hydroxyl groups is 1. The Bertz CT molecular complexity index is 385. The van der Waals surface area contributed by atoms with E-state index < -0.39 is 5.60 Å². The van der Waals surface area contributed by atoms with E-state index in [4.69, 9.17) is 0 Å². The quantitative estimate of drug-likeness (QED) is 0.860. The highest BCUT2D eigenvalue weighted by atomic mass is 16.3. The number of benzene rings is 1. The van der Waals surface area contributed by atoms with E-state index in [0.29, 0.717) is 11.8 Å². The largest absolute Gasteiger partial charge is 0.385 e. The average Bonchev–Trinajstić information content (AvgIpc) is 2.39. The van der Waals surface area contributed by atoms with E-state index in [0.717, 1.165) is 31.5 Å². The molecule has 100 valence electrons. The number of hydrogen-bond acceptors (Lipinski definition) is 2. The van der Waals surface area contributed by atoms with Gasteiger partial charge in [-0.3, -0.25) is 0 Å². The second-order valence-electron chi connectivity index (χ2n) is 5.76. The molecule has 2 rings (SSSR count). The SMILES string of the molecule is CCC1CNCCC1(O)c1ccc(C(C)C)cc1. The molecule has 1 aromatic carbocycles. The molecule has 1 aliphatic heterocycles. The minimum absolute atomic E-state index is 0.316. The van der Waals surface area contributed by atoms with Crippen molar-refractivity contribution in [2.75, 3.05) is 13.1 Å². The van der Waals surface area contributed by atoms with Gasteiger partial charge in [-0.15, -0.1) is 0 Å². The Labute approximate surface area is 110 Å². The second kappa shape index (κ2) is 5.41. The molecular formula is C16H25NO. The highest BCUT2D eigenvalue weighted by Crippen LogP contribution is 2.37. The lowest BCUT2D eigenvalue weighted by Gasteiger charge is -2.40. The summed E-state index contributed by atoms with van der Waals surface area (Å²) in [4.78, 5) is 0. The lowest BCUT2D eigenvalue weighted by Crippen LogP contribution is -2.47. The van der Waals surface area contributed by atoms with E-state index in [1.165, 1.54) is 5.56 Å². The topological polar surface area (TPSA) is 32.3 Å². The van der Waals surface area contributed by atoms with Gasteiger partial charge in [-0.05, 0) is 36.4 Å². The van der Waals surface area contributed by atoms with Crippen LogP contribution in [0.2, 0.25) is 0 Å². The highest BCUT2D eigenvalue weighted by Gasteiger charge is 2.39. The first-order valence-electron chi connectivity index (χ1n) is 7.11. The first-order chi connectivity index (χ1) is 8.58. The van der Waals surface area contributed by atoms with Gasteiger partial charge in [0.15, 0.2) is 0 Å². The Balaban J connectivity index is 2.27. The van der Waals surface area contributed by atoms with Crippen LogP contribution in [0, 0.1) is 5.92 Å². The van der Waals surface area contributed by atoms with Crippen molar-refractivity contribution in [1.29, 1.82) is 0 Å². The average molecular weight is 247 g/mol. The third kappa shape index (κ3) is 2.45. The van der Waals surface area contributed by atoms with Crippen LogP contribution in [-0.2, 0) is 5.60 Å². The number of piperidine rings is 1. The molecule has 2 heteroatoms. The van der Waals surface area contributed by atoms with Gasteiger partial charge >= 0.3 is 0 Å². The van der Waals surface area contributed by atoms with Crippen LogP contribution in [0.3, 0.4) is 0 Å². The Morgan fingerprint density at radius 3 is 2.56 bits per heavy atom. The summed E-state index contributed by atoms with van der Waals surface area (Å²) < 4.78 is 0. The van der Waals surface area contributed by atoms with Gasteiger partial charge in [-0.2, -0.15) is 0 Å². The molecule has 0 aliphatic carbocycles. The molecule has 0 radical (unpaired) electrons. The van der Waals surface area contributed by atoms with E-state index in [1.807, 2.05) is 0 Å². The lowest BCUT2D eigenvalue weighted by molar-refractivity contribution is -0.0478. The Hall–Kier alpha value is -0.860. The zero-order chi connectivity index (χ0) is 13.2. The molecule has 0 aromatic heterocycles. The van der Waals surface area contributed by atoms with Crippen LogP contribution < -0.4 is 5.32 Å². The van der Waals surface area contributed by atoms with Gasteiger partial charge in [0.2, 0.25) is 0 Å². The van der Waals surface area contributed by atoms with Crippen LogP contribution in [0.5, 0.6) is 0 Å². The zero-order valence-corrected chi connectivity index (χ0v) is 11.7. The van der Waals surface area contributed by atoms with Gasteiger partial charge in [-0.25, -0.2) is 0 Å². The molecule has 2 atom stereocenters. The van der Waals surface area contributed by atoms with Crippen LogP contribution in [0.1, 0.15) is 50.7 Å². The van der Waals surface area contributed by atoms with Gasteiger partial charge in [0.05, 0.1) is 5.60 Å². The van der Waals surface area contributed by atoms with E-state index in [2.05, 4.69) is 50.4 Å². The second-order valence-corrected chi connectivity index (χ2v) is 5.76. The first-order valence-corrected chi connectivity index (χ1v) is 7.11. The van der Waals surface area contributed by atoms with Crippen molar-refractivity contribution in [1.82, 2.24) is 5.32 Å². The summed E-state index contributed by atoms with van der Waals surface area (Å²) in [7, 11) is 0. The maximum absolute atomic E-state index is 11.0. The molecule has 18 heavy (non-hydrogen) atoms. The third-order valence-electron chi connectivity index (χ3n) is 4.32. The third-order valence-corrected chi connectivity index (χ3v) is 4.32. The molecule has 0 amide bonds. The fourth-order valence-electron chi connectivity index (χ4n) is 2.95. The van der Waals surface area contributed by atoms with E-state index >= 15 is 0 Å². The van der Waals surface area contributed by atoms with Gasteiger partial charge < -0.3 is 10.4 Å². The molecule has 1 heterocycles. The Morgan fingerprint density at radius 2 is 2.00 bits per heavy atom. The van der Waals surface area contributed by atoms with E-state index in [1.54, 1.807) is 0 Å². The Kier molecular flexibility index (Phi) is 4.08. The molecule has 0 bridgehead atoms. The standard InChI is InChI=1S/C16H25NO/c1-4-14-11-17-10-9-16(14,18)15-7-5-13(6-8-15)12(2)3/h5-8,12,14,17-18H,4,9-11H2,1-3H3. The number of rotatable bonds is 3. The summed E-state index contributed by atoms with van der Waals surface area (Å²) in [6.45, 7) is 8.37. The summed E-state index contributed by atoms with van der Waals surface area (Å²) in [5.74, 6) is 0.861. The van der Waals surface area contributed by atoms with Crippen molar-refractivity contribution in [3.63, 3.8) is 0 Å². The molecule has 2 N–H and O–H groups in total. The van der Waals surface area contributed by atoms with Crippen LogP contribution >= 0.6 is 0 Å². The number of nitrogens with one attached hydrogen (secondary N) is 1. The van der Waals surface area contributed by atoms with Gasteiger partial charge in [0.25, 0.3) is 0 Å². The van der Waals surface area contributed by atoms with E-state index in [9.17, 15) is 5.11 Å². The fourth-order valence-corrected chi connectivity index (χ4v) is 2.95. The maximum Gasteiger partial charge on any atom is 0.0948 e. The monoisotopic (exact) mass is 247 g/mol. The van der Waals surface area contributed by atoms with Crippen molar-refractivity contribution in [2.24, 2.45) is 5.92 Å². The number of hydrogen-bond donors (Lipinski definition) is 2. The highest BCUT2D eigenvalue weighted by molar-refractivity contribution is 5.30. The summed E-state index contributed by atoms with van der Waals surface area (Å²) >= 11 is 0. The summed E-state index contributed by atoms with van der Waals surface area (Å²) in [5, 5.41) is 14.4. The van der Waals surface area contributed by atoms with Crippen LogP contribution in [0.25, 0.3) is 0 Å². The van der Waals surface area contributed by atoms with Crippen LogP contribution in [0.15, 0.2) is 24.3 Å². The van der Waals surface area contributed by atoms with Crippen molar-refractivity contribution in [3.8, 4) is 0 Å². The molecule has 1 saturated heterocycles. The van der Waals surface area contributed by atoms with E-state index in [-0.39, 0.29) is 0 Å². The van der Waals surface area contributed by atoms with Gasteiger partial charge in [-0.1, -0.05) is 45.0 Å². The molecule has 1 aromatic rings. The molecule has 0 saturated carbocycles. The smallest absolute Gasteiger partial charge is 0.0948 e. The molecule has 2 unspecified atom stereocenters. The molecular weight excluding hydrogens is 222 g/mol. The first kappa shape index (κ1) is 13.6. The van der Waals surface area contributed by atoms with Gasteiger partial charge in [0.1, 0.15) is 0 Å². The van der Waals surface area contributed by atoms with Gasteiger partial charge in [0, 0.05) is 12.5 Å². The summed E-state index contributed by atoms with van der Waals surface area (Å²) in [6.07, 6.45) is 1.82. The minimum atomic E-state index is -0.643. The van der Waals surface area contributed by atoms with Crippen LogP contribution in [-0.4, -0.2) is 18.2 Å². The fraction of sp³-hybridized carbons (Fsp3) is 0.625. The van der Waals surface area contributed by atoms with Crippen molar-refractivity contribution < 1.29 is 5.11 Å². The molecule has 1 fully saturated rings. The predicted molar refractivity (Wildman–Crippen MR) is 75.7 cm³/mol. The normalized spacial score (nSPS) is 28.6. The molecule has 2 nitrogen and oxygen atoms in total. The van der Waals surface area contributed by atoms with Crippen LogP contribution in [0.4, 0.5) is 0 Å².